The molecule has 184 valence electrons. The van der Waals surface area contributed by atoms with Crippen molar-refractivity contribution in [3.05, 3.63) is 125 Å². The number of hydrogen-bond donors (Lipinski definition) is 0. The highest BCUT2D eigenvalue weighted by atomic mass is 79.9. The summed E-state index contributed by atoms with van der Waals surface area (Å²) in [7, 11) is 0. The molecule has 0 aliphatic carbocycles. The first-order valence-electron chi connectivity index (χ1n) is 13.1. The molecule has 0 unspecified atom stereocenters. The molecule has 1 nitrogen and oxygen atoms in total. The molecule has 1 heterocycles. The smallest absolute Gasteiger partial charge is 0.0625 e. The zero-order valence-electron chi connectivity index (χ0n) is 21.8. The maximum absolute atomic E-state index is 3.58. The SMILES string of the molecule is CC(C)(C)c1ccc(-n2c3ccc(-c4ccc(Br)cc4)cc3c3c4ccccc4c4ccccc4c32)cc1. The van der Waals surface area contributed by atoms with Crippen LogP contribution < -0.4 is 0 Å². The van der Waals surface area contributed by atoms with E-state index < -0.39 is 0 Å². The van der Waals surface area contributed by atoms with Crippen LogP contribution in [0.15, 0.2) is 120 Å². The molecule has 0 saturated heterocycles. The summed E-state index contributed by atoms with van der Waals surface area (Å²) in [5.41, 5.74) is 7.59. The van der Waals surface area contributed by atoms with Crippen LogP contribution in [0.3, 0.4) is 0 Å². The number of fused-ring (bicyclic) bond motifs is 8. The van der Waals surface area contributed by atoms with Crippen LogP contribution in [0.25, 0.3) is 60.2 Å². The Balaban J connectivity index is 1.65. The summed E-state index contributed by atoms with van der Waals surface area (Å²) < 4.78 is 3.56. The van der Waals surface area contributed by atoms with Crippen molar-refractivity contribution in [1.29, 1.82) is 0 Å². The molecule has 0 fully saturated rings. The normalized spacial score (nSPS) is 12.2. The fraction of sp³-hybridized carbons (Fsp3) is 0.111. The van der Waals surface area contributed by atoms with Crippen LogP contribution >= 0.6 is 15.9 Å². The first kappa shape index (κ1) is 23.3. The quantitative estimate of drug-likeness (QED) is 0.187. The molecule has 7 rings (SSSR count). The van der Waals surface area contributed by atoms with Crippen molar-refractivity contribution in [1.82, 2.24) is 4.57 Å². The Hall–Kier alpha value is -3.88. The third-order valence-corrected chi connectivity index (χ3v) is 8.33. The van der Waals surface area contributed by atoms with Crippen molar-refractivity contribution in [2.45, 2.75) is 26.2 Å². The molecule has 0 saturated carbocycles. The second-order valence-corrected chi connectivity index (χ2v) is 12.1. The van der Waals surface area contributed by atoms with Gasteiger partial charge in [-0.15, -0.1) is 0 Å². The van der Waals surface area contributed by atoms with Crippen LogP contribution in [0.2, 0.25) is 0 Å². The average molecular weight is 555 g/mol. The minimum atomic E-state index is 0.113. The van der Waals surface area contributed by atoms with Gasteiger partial charge >= 0.3 is 0 Å². The van der Waals surface area contributed by atoms with Gasteiger partial charge in [0.25, 0.3) is 0 Å². The van der Waals surface area contributed by atoms with E-state index in [0.29, 0.717) is 0 Å². The number of halogens is 1. The van der Waals surface area contributed by atoms with E-state index in [9.17, 15) is 0 Å². The van der Waals surface area contributed by atoms with Gasteiger partial charge in [0.1, 0.15) is 0 Å². The zero-order chi connectivity index (χ0) is 26.0. The van der Waals surface area contributed by atoms with E-state index in [2.05, 4.69) is 157 Å². The minimum Gasteiger partial charge on any atom is -0.309 e. The van der Waals surface area contributed by atoms with Crippen molar-refractivity contribution < 1.29 is 0 Å². The third-order valence-electron chi connectivity index (χ3n) is 7.81. The van der Waals surface area contributed by atoms with E-state index in [1.807, 2.05) is 0 Å². The number of benzene rings is 6. The monoisotopic (exact) mass is 553 g/mol. The molecular formula is C36H28BrN. The first-order chi connectivity index (χ1) is 18.4. The fourth-order valence-corrected chi connectivity index (χ4v) is 6.14. The van der Waals surface area contributed by atoms with Crippen LogP contribution in [0, 0.1) is 0 Å². The summed E-state index contributed by atoms with van der Waals surface area (Å²) in [6, 6.07) is 42.4. The predicted octanol–water partition coefficient (Wildman–Crippen LogP) is 10.8. The van der Waals surface area contributed by atoms with Gasteiger partial charge in [-0.2, -0.15) is 0 Å². The Morgan fingerprint density at radius 1 is 0.553 bits per heavy atom. The van der Waals surface area contributed by atoms with Gasteiger partial charge in [-0.05, 0) is 74.7 Å². The fourth-order valence-electron chi connectivity index (χ4n) is 5.88. The Morgan fingerprint density at radius 3 is 1.79 bits per heavy atom. The van der Waals surface area contributed by atoms with Crippen LogP contribution in [0.5, 0.6) is 0 Å². The van der Waals surface area contributed by atoms with Gasteiger partial charge in [-0.25, -0.2) is 0 Å². The Labute approximate surface area is 231 Å². The average Bonchev–Trinajstić information content (AvgIpc) is 3.28. The second kappa shape index (κ2) is 8.58. The molecule has 0 N–H and O–H groups in total. The van der Waals surface area contributed by atoms with E-state index in [-0.39, 0.29) is 5.41 Å². The molecule has 0 aliphatic heterocycles. The molecule has 0 spiro atoms. The second-order valence-electron chi connectivity index (χ2n) is 11.2. The molecule has 1 aromatic heterocycles. The standard InChI is InChI=1S/C36H28BrN/c1-36(2,3)25-15-19-27(20-16-25)38-33-21-14-24(23-12-17-26(37)18-13-23)22-32(33)34-30-10-6-4-8-28(30)29-9-5-7-11-31(29)35(34)38/h4-22H,1-3H3. The highest BCUT2D eigenvalue weighted by Crippen LogP contribution is 2.43. The van der Waals surface area contributed by atoms with Crippen LogP contribution in [0.4, 0.5) is 0 Å². The van der Waals surface area contributed by atoms with Gasteiger partial charge in [0, 0.05) is 26.3 Å². The summed E-state index contributed by atoms with van der Waals surface area (Å²) in [6.45, 7) is 6.81. The summed E-state index contributed by atoms with van der Waals surface area (Å²) >= 11 is 3.58. The van der Waals surface area contributed by atoms with Crippen molar-refractivity contribution >= 4 is 59.3 Å². The molecule has 0 amide bonds. The molecular weight excluding hydrogens is 526 g/mol. The van der Waals surface area contributed by atoms with Gasteiger partial charge in [-0.1, -0.05) is 116 Å². The molecule has 0 atom stereocenters. The molecule has 7 aromatic rings. The lowest BCUT2D eigenvalue weighted by Crippen LogP contribution is -2.10. The van der Waals surface area contributed by atoms with E-state index in [1.165, 1.54) is 65.7 Å². The van der Waals surface area contributed by atoms with Crippen LogP contribution in [-0.4, -0.2) is 4.57 Å². The van der Waals surface area contributed by atoms with Gasteiger partial charge in [0.15, 0.2) is 0 Å². The number of aromatic nitrogens is 1. The summed E-state index contributed by atoms with van der Waals surface area (Å²) in [4.78, 5) is 0. The van der Waals surface area contributed by atoms with E-state index in [0.717, 1.165) is 4.47 Å². The molecule has 2 heteroatoms. The molecule has 0 bridgehead atoms. The number of rotatable bonds is 2. The lowest BCUT2D eigenvalue weighted by Gasteiger charge is -2.20. The largest absolute Gasteiger partial charge is 0.309 e. The summed E-state index contributed by atoms with van der Waals surface area (Å²) in [5, 5.41) is 7.76. The van der Waals surface area contributed by atoms with Gasteiger partial charge in [0.2, 0.25) is 0 Å². The topological polar surface area (TPSA) is 4.93 Å². The van der Waals surface area contributed by atoms with Crippen LogP contribution in [-0.2, 0) is 5.41 Å². The van der Waals surface area contributed by atoms with Gasteiger partial charge < -0.3 is 4.57 Å². The van der Waals surface area contributed by atoms with E-state index in [4.69, 9.17) is 0 Å². The van der Waals surface area contributed by atoms with E-state index >= 15 is 0 Å². The third kappa shape index (κ3) is 3.59. The number of nitrogens with zero attached hydrogens (tertiary/aromatic N) is 1. The van der Waals surface area contributed by atoms with E-state index in [1.54, 1.807) is 0 Å². The van der Waals surface area contributed by atoms with Gasteiger partial charge in [-0.3, -0.25) is 0 Å². The molecule has 38 heavy (non-hydrogen) atoms. The van der Waals surface area contributed by atoms with Crippen molar-refractivity contribution in [3.63, 3.8) is 0 Å². The lowest BCUT2D eigenvalue weighted by atomic mass is 9.87. The maximum Gasteiger partial charge on any atom is 0.0625 e. The molecule has 6 aromatic carbocycles. The summed E-state index contributed by atoms with van der Waals surface area (Å²) in [6.07, 6.45) is 0. The van der Waals surface area contributed by atoms with Crippen molar-refractivity contribution in [2.75, 3.05) is 0 Å². The Bertz CT molecular complexity index is 1990. The Kier molecular flexibility index (Phi) is 5.25. The zero-order valence-corrected chi connectivity index (χ0v) is 23.4. The minimum absolute atomic E-state index is 0.113. The first-order valence-corrected chi connectivity index (χ1v) is 13.9. The predicted molar refractivity (Wildman–Crippen MR) is 168 cm³/mol. The highest BCUT2D eigenvalue weighted by molar-refractivity contribution is 9.10. The molecule has 0 aliphatic rings. The molecule has 0 radical (unpaired) electrons. The maximum atomic E-state index is 3.58. The summed E-state index contributed by atoms with van der Waals surface area (Å²) in [5.74, 6) is 0. The van der Waals surface area contributed by atoms with Crippen LogP contribution in [0.1, 0.15) is 26.3 Å². The van der Waals surface area contributed by atoms with Crippen molar-refractivity contribution in [2.24, 2.45) is 0 Å². The lowest BCUT2D eigenvalue weighted by molar-refractivity contribution is 0.590. The number of hydrogen-bond acceptors (Lipinski definition) is 0. The van der Waals surface area contributed by atoms with Gasteiger partial charge in [0.05, 0.1) is 11.0 Å². The highest BCUT2D eigenvalue weighted by Gasteiger charge is 2.20. The van der Waals surface area contributed by atoms with Crippen molar-refractivity contribution in [3.8, 4) is 16.8 Å². The Morgan fingerprint density at radius 2 is 1.13 bits per heavy atom.